The predicted octanol–water partition coefficient (Wildman–Crippen LogP) is -0.0577. The van der Waals surface area contributed by atoms with E-state index in [2.05, 4.69) is 10.00 Å². The number of aromatic nitrogens is 2. The fraction of sp³-hybridized carbons (Fsp3) is 0.714. The number of hydrogen-bond donors (Lipinski definition) is 1. The maximum absolute atomic E-state index is 12.2. The average Bonchev–Trinajstić information content (AvgIpc) is 3.12. The Labute approximate surface area is 119 Å². The number of likely N-dealkylation sites (tertiary alicyclic amines) is 2. The van der Waals surface area contributed by atoms with Crippen LogP contribution in [0.15, 0.2) is 18.5 Å². The third kappa shape index (κ3) is 3.02. The quantitative estimate of drug-likeness (QED) is 0.838. The molecule has 2 aliphatic heterocycles. The molecule has 6 heteroatoms. The summed E-state index contributed by atoms with van der Waals surface area (Å²) in [6.45, 7) is 4.19. The molecule has 1 amide bonds. The van der Waals surface area contributed by atoms with Crippen LogP contribution in [0.1, 0.15) is 19.3 Å². The highest BCUT2D eigenvalue weighted by atomic mass is 16.3. The lowest BCUT2D eigenvalue weighted by Crippen LogP contribution is -2.45. The van der Waals surface area contributed by atoms with Gasteiger partial charge in [0.25, 0.3) is 0 Å². The first-order valence-electron chi connectivity index (χ1n) is 7.35. The number of carbonyl (C=O) groups is 1. The first-order chi connectivity index (χ1) is 9.65. The number of carbonyl (C=O) groups excluding carboxylic acids is 1. The fourth-order valence-corrected chi connectivity index (χ4v) is 3.19. The van der Waals surface area contributed by atoms with Crippen molar-refractivity contribution in [3.63, 3.8) is 0 Å². The largest absolute Gasteiger partial charge is 0.387 e. The predicted molar refractivity (Wildman–Crippen MR) is 74.0 cm³/mol. The molecule has 1 N–H and O–H groups in total. The average molecular weight is 278 g/mol. The maximum Gasteiger partial charge on any atom is 0.244 e. The zero-order chi connectivity index (χ0) is 14.0. The second-order valence-electron chi connectivity index (χ2n) is 5.98. The van der Waals surface area contributed by atoms with Crippen LogP contribution in [0.4, 0.5) is 0 Å². The van der Waals surface area contributed by atoms with E-state index in [-0.39, 0.29) is 12.5 Å². The van der Waals surface area contributed by atoms with Gasteiger partial charge in [0.2, 0.25) is 5.91 Å². The second-order valence-corrected chi connectivity index (χ2v) is 5.98. The van der Waals surface area contributed by atoms with Crippen molar-refractivity contribution in [2.24, 2.45) is 0 Å². The highest BCUT2D eigenvalue weighted by molar-refractivity contribution is 5.76. The zero-order valence-corrected chi connectivity index (χ0v) is 11.7. The van der Waals surface area contributed by atoms with E-state index in [1.54, 1.807) is 28.0 Å². The van der Waals surface area contributed by atoms with E-state index in [4.69, 9.17) is 0 Å². The molecule has 0 bridgehead atoms. The molecule has 1 atom stereocenters. The van der Waals surface area contributed by atoms with Crippen LogP contribution in [0.2, 0.25) is 0 Å². The minimum Gasteiger partial charge on any atom is -0.387 e. The number of aliphatic hydroxyl groups is 1. The lowest BCUT2D eigenvalue weighted by atomic mass is 10.0. The third-order valence-electron chi connectivity index (χ3n) is 4.26. The SMILES string of the molecule is O=C(Cn1cccn1)N1CCC(O)(CN2CCCC2)C1. The van der Waals surface area contributed by atoms with Gasteiger partial charge in [-0.15, -0.1) is 0 Å². The van der Waals surface area contributed by atoms with Crippen molar-refractivity contribution in [2.45, 2.75) is 31.4 Å². The van der Waals surface area contributed by atoms with Gasteiger partial charge in [0.15, 0.2) is 0 Å². The van der Waals surface area contributed by atoms with Gasteiger partial charge in [0, 0.05) is 25.5 Å². The van der Waals surface area contributed by atoms with Gasteiger partial charge in [-0.2, -0.15) is 5.10 Å². The Hall–Kier alpha value is -1.40. The fourth-order valence-electron chi connectivity index (χ4n) is 3.19. The van der Waals surface area contributed by atoms with E-state index in [0.717, 1.165) is 13.1 Å². The van der Waals surface area contributed by atoms with E-state index in [9.17, 15) is 9.90 Å². The molecule has 110 valence electrons. The van der Waals surface area contributed by atoms with E-state index in [1.165, 1.54) is 12.8 Å². The lowest BCUT2D eigenvalue weighted by molar-refractivity contribution is -0.132. The number of hydrogen-bond acceptors (Lipinski definition) is 4. The van der Waals surface area contributed by atoms with Gasteiger partial charge in [-0.3, -0.25) is 9.48 Å². The summed E-state index contributed by atoms with van der Waals surface area (Å²) in [5.41, 5.74) is -0.732. The molecule has 3 heterocycles. The summed E-state index contributed by atoms with van der Waals surface area (Å²) in [7, 11) is 0. The number of rotatable bonds is 4. The molecule has 0 saturated carbocycles. The highest BCUT2D eigenvalue weighted by Gasteiger charge is 2.39. The smallest absolute Gasteiger partial charge is 0.244 e. The van der Waals surface area contributed by atoms with Gasteiger partial charge in [-0.05, 0) is 38.4 Å². The summed E-state index contributed by atoms with van der Waals surface area (Å²) in [6.07, 6.45) is 6.57. The van der Waals surface area contributed by atoms with Gasteiger partial charge in [-0.1, -0.05) is 0 Å². The van der Waals surface area contributed by atoms with Gasteiger partial charge in [0.05, 0.1) is 12.1 Å². The van der Waals surface area contributed by atoms with Crippen LogP contribution < -0.4 is 0 Å². The van der Waals surface area contributed by atoms with Crippen LogP contribution in [-0.2, 0) is 11.3 Å². The Morgan fingerprint density at radius 3 is 2.80 bits per heavy atom. The topological polar surface area (TPSA) is 61.6 Å². The first-order valence-corrected chi connectivity index (χ1v) is 7.35. The molecule has 0 aliphatic carbocycles. The summed E-state index contributed by atoms with van der Waals surface area (Å²) < 4.78 is 1.63. The lowest BCUT2D eigenvalue weighted by Gasteiger charge is -2.28. The Balaban J connectivity index is 1.53. The van der Waals surface area contributed by atoms with Crippen molar-refractivity contribution in [3.05, 3.63) is 18.5 Å². The van der Waals surface area contributed by atoms with Crippen LogP contribution in [0.25, 0.3) is 0 Å². The van der Waals surface area contributed by atoms with Crippen molar-refractivity contribution >= 4 is 5.91 Å². The summed E-state index contributed by atoms with van der Waals surface area (Å²) in [4.78, 5) is 16.2. The molecule has 2 saturated heterocycles. The second kappa shape index (κ2) is 5.54. The molecule has 0 aromatic carbocycles. The molecule has 0 radical (unpaired) electrons. The summed E-state index contributed by atoms with van der Waals surface area (Å²) in [5.74, 6) is 0.0334. The molecule has 1 aromatic rings. The van der Waals surface area contributed by atoms with E-state index in [0.29, 0.717) is 26.1 Å². The number of β-amino-alcohol motifs (C(OH)–C–C–N with tert-alkyl or cyclic N) is 1. The van der Waals surface area contributed by atoms with Crippen molar-refractivity contribution in [1.29, 1.82) is 0 Å². The Kier molecular flexibility index (Phi) is 3.76. The Morgan fingerprint density at radius 1 is 1.30 bits per heavy atom. The molecule has 2 aliphatic rings. The van der Waals surface area contributed by atoms with Crippen LogP contribution in [0, 0.1) is 0 Å². The molecule has 2 fully saturated rings. The van der Waals surface area contributed by atoms with Gasteiger partial charge < -0.3 is 14.9 Å². The first kappa shape index (κ1) is 13.6. The minimum absolute atomic E-state index is 0.0334. The summed E-state index contributed by atoms with van der Waals surface area (Å²) in [6, 6.07) is 1.81. The van der Waals surface area contributed by atoms with Crippen LogP contribution >= 0.6 is 0 Å². The van der Waals surface area contributed by atoms with Crippen molar-refractivity contribution in [2.75, 3.05) is 32.7 Å². The third-order valence-corrected chi connectivity index (χ3v) is 4.26. The molecule has 0 spiro atoms. The normalized spacial score (nSPS) is 27.4. The summed E-state index contributed by atoms with van der Waals surface area (Å²) in [5, 5.41) is 14.7. The molecular formula is C14H22N4O2. The number of nitrogens with zero attached hydrogens (tertiary/aromatic N) is 4. The van der Waals surface area contributed by atoms with E-state index >= 15 is 0 Å². The van der Waals surface area contributed by atoms with Gasteiger partial charge in [0.1, 0.15) is 6.54 Å². The van der Waals surface area contributed by atoms with Crippen molar-refractivity contribution < 1.29 is 9.90 Å². The molecular weight excluding hydrogens is 256 g/mol. The van der Waals surface area contributed by atoms with E-state index in [1.807, 2.05) is 0 Å². The number of amides is 1. The van der Waals surface area contributed by atoms with E-state index < -0.39 is 5.60 Å². The summed E-state index contributed by atoms with van der Waals surface area (Å²) >= 11 is 0. The van der Waals surface area contributed by atoms with Gasteiger partial charge in [-0.25, -0.2) is 0 Å². The molecule has 1 aromatic heterocycles. The molecule has 1 unspecified atom stereocenters. The van der Waals surface area contributed by atoms with Crippen LogP contribution in [0.3, 0.4) is 0 Å². The standard InChI is InChI=1S/C14H22N4O2/c19-13(10-18-8-3-5-15-18)17-9-4-14(20,12-17)11-16-6-1-2-7-16/h3,5,8,20H,1-2,4,6-7,9-12H2. The maximum atomic E-state index is 12.2. The molecule has 20 heavy (non-hydrogen) atoms. The van der Waals surface area contributed by atoms with Gasteiger partial charge >= 0.3 is 0 Å². The Bertz CT molecular complexity index is 456. The van der Waals surface area contributed by atoms with Crippen LogP contribution in [0.5, 0.6) is 0 Å². The Morgan fingerprint density at radius 2 is 2.10 bits per heavy atom. The zero-order valence-electron chi connectivity index (χ0n) is 11.7. The monoisotopic (exact) mass is 278 g/mol. The molecule has 6 nitrogen and oxygen atoms in total. The molecule has 3 rings (SSSR count). The van der Waals surface area contributed by atoms with Crippen molar-refractivity contribution in [1.82, 2.24) is 19.6 Å². The minimum atomic E-state index is -0.732. The van der Waals surface area contributed by atoms with Crippen LogP contribution in [-0.4, -0.2) is 68.9 Å². The van der Waals surface area contributed by atoms with Crippen molar-refractivity contribution in [3.8, 4) is 0 Å². The highest BCUT2D eigenvalue weighted by Crippen LogP contribution is 2.24.